The van der Waals surface area contributed by atoms with Crippen molar-refractivity contribution < 1.29 is 9.53 Å². The van der Waals surface area contributed by atoms with Crippen LogP contribution in [0, 0.1) is 11.8 Å². The Kier molecular flexibility index (Phi) is 2.47. The lowest BCUT2D eigenvalue weighted by atomic mass is 9.88. The first kappa shape index (κ1) is 10.8. The van der Waals surface area contributed by atoms with Gasteiger partial charge in [-0.1, -0.05) is 29.5 Å². The average Bonchev–Trinajstić information content (AvgIpc) is 3.03. The molecule has 0 spiro atoms. The van der Waals surface area contributed by atoms with E-state index in [1.165, 1.54) is 0 Å². The van der Waals surface area contributed by atoms with E-state index < -0.39 is 5.60 Å². The van der Waals surface area contributed by atoms with Gasteiger partial charge in [-0.3, -0.25) is 4.79 Å². The minimum Gasteiger partial charge on any atom is -0.345 e. The van der Waals surface area contributed by atoms with Crippen LogP contribution in [0.1, 0.15) is 24.8 Å². The van der Waals surface area contributed by atoms with Crippen molar-refractivity contribution in [1.29, 1.82) is 0 Å². The quantitative estimate of drug-likeness (QED) is 0.520. The maximum atomic E-state index is 11.8. The van der Waals surface area contributed by atoms with Crippen LogP contribution in [0.15, 0.2) is 24.3 Å². The van der Waals surface area contributed by atoms with Gasteiger partial charge >= 0.3 is 0 Å². The minimum absolute atomic E-state index is 0.0236. The first-order valence-electron chi connectivity index (χ1n) is 5.70. The molecular formula is C14H11ClO2. The Morgan fingerprint density at radius 3 is 3.12 bits per heavy atom. The smallest absolute Gasteiger partial charge is 0.213 e. The number of halogens is 1. The molecule has 3 heteroatoms. The van der Waals surface area contributed by atoms with Crippen molar-refractivity contribution in [3.8, 4) is 11.8 Å². The molecule has 1 heterocycles. The van der Waals surface area contributed by atoms with E-state index >= 15 is 0 Å². The van der Waals surface area contributed by atoms with E-state index in [1.54, 1.807) is 12.1 Å². The number of rotatable bonds is 0. The van der Waals surface area contributed by atoms with Gasteiger partial charge in [-0.2, -0.15) is 0 Å². The molecule has 86 valence electrons. The Morgan fingerprint density at radius 2 is 2.35 bits per heavy atom. The molecule has 2 fully saturated rings. The zero-order valence-corrected chi connectivity index (χ0v) is 9.96. The summed E-state index contributed by atoms with van der Waals surface area (Å²) in [6.45, 7) is 0. The highest BCUT2D eigenvalue weighted by Crippen LogP contribution is 2.44. The molecule has 2 nitrogen and oxygen atoms in total. The summed E-state index contributed by atoms with van der Waals surface area (Å²) in [4.78, 5) is 11.8. The van der Waals surface area contributed by atoms with E-state index in [1.807, 2.05) is 12.1 Å². The lowest BCUT2D eigenvalue weighted by Gasteiger charge is -2.09. The number of benzene rings is 1. The molecule has 0 radical (unpaired) electrons. The number of fused-ring (bicyclic) bond motifs is 1. The molecule has 1 aromatic carbocycles. The second-order valence-electron chi connectivity index (χ2n) is 4.42. The molecule has 1 aromatic rings. The maximum absolute atomic E-state index is 11.8. The molecule has 2 aliphatic rings. The van der Waals surface area contributed by atoms with Gasteiger partial charge in [0.15, 0.2) is 5.78 Å². The number of ether oxygens (including phenoxy) is 1. The van der Waals surface area contributed by atoms with Crippen LogP contribution in [0.2, 0.25) is 5.02 Å². The molecule has 2 atom stereocenters. The van der Waals surface area contributed by atoms with E-state index in [-0.39, 0.29) is 11.9 Å². The summed E-state index contributed by atoms with van der Waals surface area (Å²) < 4.78 is 5.47. The summed E-state index contributed by atoms with van der Waals surface area (Å²) in [6, 6.07) is 7.31. The van der Waals surface area contributed by atoms with Crippen molar-refractivity contribution in [2.24, 2.45) is 0 Å². The number of Topliss-reactive ketones (excluding diaryl/α,β-unsaturated/α-hetero) is 1. The van der Waals surface area contributed by atoms with Crippen LogP contribution >= 0.6 is 11.6 Å². The minimum atomic E-state index is -0.791. The highest BCUT2D eigenvalue weighted by Gasteiger charge is 2.62. The van der Waals surface area contributed by atoms with Gasteiger partial charge in [-0.15, -0.1) is 0 Å². The van der Waals surface area contributed by atoms with E-state index in [9.17, 15) is 4.79 Å². The number of epoxide rings is 1. The lowest BCUT2D eigenvalue weighted by molar-refractivity contribution is -0.122. The molecule has 0 bridgehead atoms. The Bertz CT molecular complexity index is 541. The second kappa shape index (κ2) is 3.87. The highest BCUT2D eigenvalue weighted by molar-refractivity contribution is 6.30. The summed E-state index contributed by atoms with van der Waals surface area (Å²) >= 11 is 5.87. The standard InChI is InChI=1S/C14H11ClO2/c15-11-4-1-3-10(9-11)7-8-14-12(16)5-2-6-13(14)17-14/h1,3-4,9,13H,2,5-6H2. The van der Waals surface area contributed by atoms with Gasteiger partial charge in [0.1, 0.15) is 6.10 Å². The molecule has 1 aliphatic carbocycles. The van der Waals surface area contributed by atoms with Crippen molar-refractivity contribution in [2.45, 2.75) is 31.0 Å². The summed E-state index contributed by atoms with van der Waals surface area (Å²) in [7, 11) is 0. The Hall–Kier alpha value is -1.30. The van der Waals surface area contributed by atoms with Crippen LogP contribution in [-0.2, 0) is 9.53 Å². The van der Waals surface area contributed by atoms with Crippen molar-refractivity contribution in [2.75, 3.05) is 0 Å². The first-order valence-corrected chi connectivity index (χ1v) is 6.08. The summed E-state index contributed by atoms with van der Waals surface area (Å²) in [5.41, 5.74) is 0.0279. The zero-order chi connectivity index (χ0) is 11.9. The molecule has 1 aliphatic heterocycles. The maximum Gasteiger partial charge on any atom is 0.213 e. The third-order valence-corrected chi connectivity index (χ3v) is 3.46. The molecule has 1 saturated carbocycles. The van der Waals surface area contributed by atoms with Crippen molar-refractivity contribution in [3.05, 3.63) is 34.9 Å². The van der Waals surface area contributed by atoms with E-state index in [4.69, 9.17) is 16.3 Å². The molecular weight excluding hydrogens is 236 g/mol. The fourth-order valence-electron chi connectivity index (χ4n) is 2.24. The first-order chi connectivity index (χ1) is 8.21. The van der Waals surface area contributed by atoms with E-state index in [0.717, 1.165) is 18.4 Å². The van der Waals surface area contributed by atoms with Crippen LogP contribution in [0.5, 0.6) is 0 Å². The lowest BCUT2D eigenvalue weighted by Crippen LogP contribution is -2.29. The van der Waals surface area contributed by atoms with Crippen LogP contribution in [0.4, 0.5) is 0 Å². The Morgan fingerprint density at radius 1 is 1.47 bits per heavy atom. The fraction of sp³-hybridized carbons (Fsp3) is 0.357. The van der Waals surface area contributed by atoms with Crippen LogP contribution < -0.4 is 0 Å². The van der Waals surface area contributed by atoms with Gasteiger partial charge in [0.05, 0.1) is 0 Å². The molecule has 2 unspecified atom stereocenters. The number of hydrogen-bond donors (Lipinski definition) is 0. The third-order valence-electron chi connectivity index (χ3n) is 3.23. The number of carbonyl (C=O) groups excluding carboxylic acids is 1. The zero-order valence-electron chi connectivity index (χ0n) is 9.20. The average molecular weight is 247 g/mol. The van der Waals surface area contributed by atoms with Crippen molar-refractivity contribution in [3.63, 3.8) is 0 Å². The van der Waals surface area contributed by atoms with Crippen LogP contribution in [0.25, 0.3) is 0 Å². The van der Waals surface area contributed by atoms with Gasteiger partial charge in [0.25, 0.3) is 0 Å². The highest BCUT2D eigenvalue weighted by atomic mass is 35.5. The molecule has 3 rings (SSSR count). The Balaban J connectivity index is 1.87. The fourth-order valence-corrected chi connectivity index (χ4v) is 2.43. The van der Waals surface area contributed by atoms with Crippen molar-refractivity contribution in [1.82, 2.24) is 0 Å². The number of hydrogen-bond acceptors (Lipinski definition) is 2. The molecule has 0 N–H and O–H groups in total. The monoisotopic (exact) mass is 246 g/mol. The predicted octanol–water partition coefficient (Wildman–Crippen LogP) is 2.58. The van der Waals surface area contributed by atoms with Crippen LogP contribution in [0.3, 0.4) is 0 Å². The molecule has 1 saturated heterocycles. The molecule has 0 amide bonds. The second-order valence-corrected chi connectivity index (χ2v) is 4.85. The number of carbonyl (C=O) groups is 1. The molecule has 0 aromatic heterocycles. The van der Waals surface area contributed by atoms with Crippen molar-refractivity contribution >= 4 is 17.4 Å². The van der Waals surface area contributed by atoms with Gasteiger partial charge < -0.3 is 4.74 Å². The number of ketones is 1. The summed E-state index contributed by atoms with van der Waals surface area (Å²) in [5.74, 6) is 6.10. The SMILES string of the molecule is O=C1CCCC2OC12C#Cc1cccc(Cl)c1. The van der Waals surface area contributed by atoms with Gasteiger partial charge in [0, 0.05) is 17.0 Å². The third kappa shape index (κ3) is 1.86. The molecule has 17 heavy (non-hydrogen) atoms. The van der Waals surface area contributed by atoms with Gasteiger partial charge in [-0.25, -0.2) is 0 Å². The predicted molar refractivity (Wildman–Crippen MR) is 64.8 cm³/mol. The van der Waals surface area contributed by atoms with Gasteiger partial charge in [-0.05, 0) is 31.0 Å². The topological polar surface area (TPSA) is 29.6 Å². The summed E-state index contributed by atoms with van der Waals surface area (Å²) in [6.07, 6.45) is 2.47. The largest absolute Gasteiger partial charge is 0.345 e. The van der Waals surface area contributed by atoms with E-state index in [0.29, 0.717) is 11.4 Å². The summed E-state index contributed by atoms with van der Waals surface area (Å²) in [5, 5.41) is 0.650. The normalized spacial score (nSPS) is 30.2. The van der Waals surface area contributed by atoms with Gasteiger partial charge in [0.2, 0.25) is 5.60 Å². The van der Waals surface area contributed by atoms with E-state index in [2.05, 4.69) is 11.8 Å². The Labute approximate surface area is 105 Å². The van der Waals surface area contributed by atoms with Crippen LogP contribution in [-0.4, -0.2) is 17.5 Å².